The highest BCUT2D eigenvalue weighted by molar-refractivity contribution is 5.92. The summed E-state index contributed by atoms with van der Waals surface area (Å²) in [4.78, 5) is 21.3. The van der Waals surface area contributed by atoms with Crippen molar-refractivity contribution in [2.45, 2.75) is 13.5 Å². The van der Waals surface area contributed by atoms with Crippen LogP contribution in [0.4, 0.5) is 11.4 Å². The minimum atomic E-state index is -0.458. The fraction of sp³-hybridized carbons (Fsp3) is 0.133. The molecule has 0 spiro atoms. The third-order valence-electron chi connectivity index (χ3n) is 3.13. The van der Waals surface area contributed by atoms with E-state index in [2.05, 4.69) is 5.32 Å². The number of aryl methyl sites for hydroxylation is 1. The maximum atomic E-state index is 11.0. The van der Waals surface area contributed by atoms with E-state index in [4.69, 9.17) is 5.73 Å². The molecule has 6 nitrogen and oxygen atoms in total. The summed E-state index contributed by atoms with van der Waals surface area (Å²) in [5.74, 6) is -0.458. The molecule has 2 aromatic rings. The predicted molar refractivity (Wildman–Crippen MR) is 80.1 cm³/mol. The summed E-state index contributed by atoms with van der Waals surface area (Å²) in [6, 6.07) is 11.8. The third kappa shape index (κ3) is 3.56. The smallest absolute Gasteiger partial charge is 0.272 e. The van der Waals surface area contributed by atoms with Gasteiger partial charge in [0.25, 0.3) is 5.69 Å². The molecule has 0 saturated heterocycles. The minimum absolute atomic E-state index is 0.103. The van der Waals surface area contributed by atoms with Crippen LogP contribution in [0.25, 0.3) is 0 Å². The Bertz CT molecular complexity index is 681. The molecule has 3 N–H and O–H groups in total. The summed E-state index contributed by atoms with van der Waals surface area (Å²) < 4.78 is 0. The average Bonchev–Trinajstić information content (AvgIpc) is 2.45. The lowest BCUT2D eigenvalue weighted by Crippen LogP contribution is -2.10. The number of nitro groups is 1. The fourth-order valence-electron chi connectivity index (χ4n) is 1.96. The van der Waals surface area contributed by atoms with Gasteiger partial charge in [0.15, 0.2) is 0 Å². The summed E-state index contributed by atoms with van der Waals surface area (Å²) in [5.41, 5.74) is 8.13. The normalized spacial score (nSPS) is 10.1. The molecular formula is C15H15N3O3. The Balaban J connectivity index is 2.04. The Morgan fingerprint density at radius 2 is 1.90 bits per heavy atom. The van der Waals surface area contributed by atoms with Crippen LogP contribution in [0.15, 0.2) is 42.5 Å². The summed E-state index contributed by atoms with van der Waals surface area (Å²) >= 11 is 0. The van der Waals surface area contributed by atoms with E-state index >= 15 is 0 Å². The second-order valence-corrected chi connectivity index (χ2v) is 4.67. The molecule has 0 aliphatic heterocycles. The molecule has 1 amide bonds. The molecule has 0 radical (unpaired) electrons. The lowest BCUT2D eigenvalue weighted by atomic mass is 10.1. The van der Waals surface area contributed by atoms with Gasteiger partial charge in [-0.25, -0.2) is 0 Å². The predicted octanol–water partition coefficient (Wildman–Crippen LogP) is 2.61. The molecule has 6 heteroatoms. The van der Waals surface area contributed by atoms with Crippen molar-refractivity contribution in [2.75, 3.05) is 5.32 Å². The van der Waals surface area contributed by atoms with Crippen molar-refractivity contribution in [1.29, 1.82) is 0 Å². The molecule has 2 rings (SSSR count). The molecule has 0 unspecified atom stereocenters. The first-order chi connectivity index (χ1) is 9.97. The van der Waals surface area contributed by atoms with Crippen LogP contribution in [0.5, 0.6) is 0 Å². The number of carbonyl (C=O) groups is 1. The van der Waals surface area contributed by atoms with E-state index in [0.717, 1.165) is 11.3 Å². The van der Waals surface area contributed by atoms with Crippen molar-refractivity contribution in [1.82, 2.24) is 0 Å². The second-order valence-electron chi connectivity index (χ2n) is 4.67. The van der Waals surface area contributed by atoms with Gasteiger partial charge in [-0.1, -0.05) is 12.1 Å². The quantitative estimate of drug-likeness (QED) is 0.651. The molecule has 0 aliphatic rings. The maximum Gasteiger partial charge on any atom is 0.272 e. The SMILES string of the molecule is Cc1cc(NCc2ccc(C(N)=O)cc2)ccc1[N+](=O)[O-]. The maximum absolute atomic E-state index is 11.0. The Hall–Kier alpha value is -2.89. The largest absolute Gasteiger partial charge is 0.381 e. The zero-order chi connectivity index (χ0) is 15.4. The first kappa shape index (κ1) is 14.5. The van der Waals surface area contributed by atoms with Gasteiger partial charge in [0, 0.05) is 29.4 Å². The fourth-order valence-corrected chi connectivity index (χ4v) is 1.96. The number of hydrogen-bond acceptors (Lipinski definition) is 4. The highest BCUT2D eigenvalue weighted by Crippen LogP contribution is 2.21. The van der Waals surface area contributed by atoms with Crippen LogP contribution in [0.1, 0.15) is 21.5 Å². The molecule has 0 bridgehead atoms. The number of anilines is 1. The van der Waals surface area contributed by atoms with Crippen LogP contribution in [-0.2, 0) is 6.54 Å². The molecule has 0 heterocycles. The highest BCUT2D eigenvalue weighted by atomic mass is 16.6. The minimum Gasteiger partial charge on any atom is -0.381 e. The van der Waals surface area contributed by atoms with Crippen molar-refractivity contribution in [3.8, 4) is 0 Å². The number of rotatable bonds is 5. The summed E-state index contributed by atoms with van der Waals surface area (Å²) in [6.45, 7) is 2.25. The average molecular weight is 285 g/mol. The molecule has 21 heavy (non-hydrogen) atoms. The van der Waals surface area contributed by atoms with Gasteiger partial charge in [-0.2, -0.15) is 0 Å². The van der Waals surface area contributed by atoms with E-state index in [1.54, 1.807) is 31.2 Å². The number of primary amides is 1. The van der Waals surface area contributed by atoms with Gasteiger partial charge < -0.3 is 11.1 Å². The van der Waals surface area contributed by atoms with Gasteiger partial charge in [0.05, 0.1) is 4.92 Å². The monoisotopic (exact) mass is 285 g/mol. The molecule has 2 aromatic carbocycles. The van der Waals surface area contributed by atoms with Crippen molar-refractivity contribution in [3.63, 3.8) is 0 Å². The lowest BCUT2D eigenvalue weighted by Gasteiger charge is -2.08. The van der Waals surface area contributed by atoms with E-state index < -0.39 is 10.8 Å². The molecule has 0 fully saturated rings. The first-order valence-electron chi connectivity index (χ1n) is 6.35. The van der Waals surface area contributed by atoms with Gasteiger partial charge in [-0.05, 0) is 36.8 Å². The molecular weight excluding hydrogens is 270 g/mol. The number of hydrogen-bond donors (Lipinski definition) is 2. The van der Waals surface area contributed by atoms with E-state index in [0.29, 0.717) is 17.7 Å². The van der Waals surface area contributed by atoms with Crippen LogP contribution in [0, 0.1) is 17.0 Å². The second kappa shape index (κ2) is 6.04. The summed E-state index contributed by atoms with van der Waals surface area (Å²) in [6.07, 6.45) is 0. The Morgan fingerprint density at radius 1 is 1.24 bits per heavy atom. The molecule has 0 atom stereocenters. The third-order valence-corrected chi connectivity index (χ3v) is 3.13. The summed E-state index contributed by atoms with van der Waals surface area (Å²) in [7, 11) is 0. The number of amides is 1. The van der Waals surface area contributed by atoms with Crippen LogP contribution in [0.3, 0.4) is 0 Å². The molecule has 0 aromatic heterocycles. The number of nitrogens with two attached hydrogens (primary N) is 1. The Kier molecular flexibility index (Phi) is 4.18. The van der Waals surface area contributed by atoms with Crippen LogP contribution < -0.4 is 11.1 Å². The van der Waals surface area contributed by atoms with Gasteiger partial charge >= 0.3 is 0 Å². The number of nitrogens with one attached hydrogen (secondary N) is 1. The van der Waals surface area contributed by atoms with Crippen molar-refractivity contribution in [2.24, 2.45) is 5.73 Å². The Morgan fingerprint density at radius 3 is 2.43 bits per heavy atom. The van der Waals surface area contributed by atoms with Crippen LogP contribution in [0.2, 0.25) is 0 Å². The van der Waals surface area contributed by atoms with Crippen LogP contribution in [-0.4, -0.2) is 10.8 Å². The topological polar surface area (TPSA) is 98.3 Å². The van der Waals surface area contributed by atoms with Crippen molar-refractivity contribution in [3.05, 3.63) is 69.3 Å². The lowest BCUT2D eigenvalue weighted by molar-refractivity contribution is -0.385. The van der Waals surface area contributed by atoms with E-state index in [9.17, 15) is 14.9 Å². The number of nitro benzene ring substituents is 1. The Labute approximate surface area is 121 Å². The zero-order valence-electron chi connectivity index (χ0n) is 11.5. The molecule has 108 valence electrons. The standard InChI is InChI=1S/C15H15N3O3/c1-10-8-13(6-7-14(10)18(20)21)17-9-11-2-4-12(5-3-11)15(16)19/h2-8,17H,9H2,1H3,(H2,16,19). The van der Waals surface area contributed by atoms with Gasteiger partial charge in [0.2, 0.25) is 5.91 Å². The number of benzene rings is 2. The van der Waals surface area contributed by atoms with Crippen molar-refractivity contribution >= 4 is 17.3 Å². The molecule has 0 saturated carbocycles. The molecule has 0 aliphatic carbocycles. The van der Waals surface area contributed by atoms with E-state index in [1.165, 1.54) is 6.07 Å². The van der Waals surface area contributed by atoms with Crippen molar-refractivity contribution < 1.29 is 9.72 Å². The van der Waals surface area contributed by atoms with Gasteiger partial charge in [-0.15, -0.1) is 0 Å². The van der Waals surface area contributed by atoms with Crippen LogP contribution >= 0.6 is 0 Å². The van der Waals surface area contributed by atoms with E-state index in [1.807, 2.05) is 12.1 Å². The van der Waals surface area contributed by atoms with E-state index in [-0.39, 0.29) is 5.69 Å². The number of nitrogens with zero attached hydrogens (tertiary/aromatic N) is 1. The van der Waals surface area contributed by atoms with Gasteiger partial charge in [0.1, 0.15) is 0 Å². The summed E-state index contributed by atoms with van der Waals surface area (Å²) in [5, 5.41) is 13.9. The number of carbonyl (C=O) groups excluding carboxylic acids is 1. The zero-order valence-corrected chi connectivity index (χ0v) is 11.5. The van der Waals surface area contributed by atoms with Gasteiger partial charge in [-0.3, -0.25) is 14.9 Å². The first-order valence-corrected chi connectivity index (χ1v) is 6.35. The highest BCUT2D eigenvalue weighted by Gasteiger charge is 2.09.